The number of benzene rings is 1. The molecule has 188 valence electrons. The molecular weight excluding hydrogens is 486 g/mol. The molecule has 0 saturated carbocycles. The van der Waals surface area contributed by atoms with Gasteiger partial charge in [0.15, 0.2) is 0 Å². The largest absolute Gasteiger partial charge is 0.465 e. The lowest BCUT2D eigenvalue weighted by molar-refractivity contribution is -0.936. The van der Waals surface area contributed by atoms with Gasteiger partial charge >= 0.3 is 5.97 Å². The van der Waals surface area contributed by atoms with Gasteiger partial charge in [0.1, 0.15) is 11.5 Å². The van der Waals surface area contributed by atoms with E-state index in [0.717, 1.165) is 30.0 Å². The maximum Gasteiger partial charge on any atom is 0.341 e. The molecule has 35 heavy (non-hydrogen) atoms. The molecule has 1 unspecified atom stereocenters. The number of thiophene rings is 1. The van der Waals surface area contributed by atoms with Gasteiger partial charge in [-0.25, -0.2) is 13.2 Å². The average Bonchev–Trinajstić information content (AvgIpc) is 3.20. The first-order chi connectivity index (χ1) is 16.6. The van der Waals surface area contributed by atoms with Crippen molar-refractivity contribution in [2.75, 3.05) is 32.1 Å². The first-order valence-corrected chi connectivity index (χ1v) is 13.6. The zero-order valence-electron chi connectivity index (χ0n) is 20.3. The summed E-state index contributed by atoms with van der Waals surface area (Å²) in [6.07, 6.45) is 3.74. The Morgan fingerprint density at radius 1 is 1.20 bits per heavy atom. The van der Waals surface area contributed by atoms with E-state index in [1.165, 1.54) is 64.1 Å². The highest BCUT2D eigenvalue weighted by atomic mass is 32.2. The molecule has 3 rings (SSSR count). The van der Waals surface area contributed by atoms with Crippen molar-refractivity contribution >= 4 is 38.2 Å². The van der Waals surface area contributed by atoms with E-state index in [0.29, 0.717) is 16.6 Å². The van der Waals surface area contributed by atoms with Gasteiger partial charge in [0.25, 0.3) is 5.91 Å². The molecule has 8 nitrogen and oxygen atoms in total. The molecule has 10 heteroatoms. The first-order valence-electron chi connectivity index (χ1n) is 11.3. The number of rotatable bonds is 10. The lowest BCUT2D eigenvalue weighted by Crippen LogP contribution is -3.14. The quantitative estimate of drug-likeness (QED) is 0.372. The molecular formula is C25H32N3O5S2+. The second kappa shape index (κ2) is 11.3. The minimum atomic E-state index is -3.76. The van der Waals surface area contributed by atoms with Crippen LogP contribution in [0.2, 0.25) is 0 Å². The minimum Gasteiger partial charge on any atom is -0.465 e. The van der Waals surface area contributed by atoms with Crippen LogP contribution >= 0.6 is 11.3 Å². The molecule has 0 radical (unpaired) electrons. The lowest BCUT2D eigenvalue weighted by Gasteiger charge is -2.27. The molecule has 1 aromatic heterocycles. The van der Waals surface area contributed by atoms with Crippen LogP contribution in [0.15, 0.2) is 54.5 Å². The molecule has 2 N–H and O–H groups in total. The minimum absolute atomic E-state index is 0.0661. The summed E-state index contributed by atoms with van der Waals surface area (Å²) in [6, 6.07) is 6.16. The van der Waals surface area contributed by atoms with Crippen LogP contribution in [0, 0.1) is 0 Å². The van der Waals surface area contributed by atoms with Gasteiger partial charge in [-0.2, -0.15) is 4.31 Å². The van der Waals surface area contributed by atoms with Crippen LogP contribution in [0.4, 0.5) is 5.00 Å². The summed E-state index contributed by atoms with van der Waals surface area (Å²) >= 11 is 1.40. The van der Waals surface area contributed by atoms with Gasteiger partial charge in [0.2, 0.25) is 10.0 Å². The van der Waals surface area contributed by atoms with Crippen molar-refractivity contribution in [2.24, 2.45) is 0 Å². The maximum atomic E-state index is 13.0. The molecule has 1 amide bonds. The van der Waals surface area contributed by atoms with E-state index < -0.39 is 21.9 Å². The van der Waals surface area contributed by atoms with Crippen molar-refractivity contribution in [1.82, 2.24) is 4.31 Å². The molecule has 2 heterocycles. The summed E-state index contributed by atoms with van der Waals surface area (Å²) in [4.78, 5) is 28.1. The highest BCUT2D eigenvalue weighted by Crippen LogP contribution is 2.35. The molecule has 2 aromatic rings. The Balaban J connectivity index is 1.86. The van der Waals surface area contributed by atoms with Crippen molar-refractivity contribution in [3.05, 3.63) is 71.1 Å². The van der Waals surface area contributed by atoms with Crippen LogP contribution in [-0.2, 0) is 27.7 Å². The highest BCUT2D eigenvalue weighted by Gasteiger charge is 2.32. The van der Waals surface area contributed by atoms with Gasteiger partial charge in [-0.05, 0) is 43.7 Å². The number of methoxy groups -OCH3 is 1. The molecule has 0 aliphatic carbocycles. The molecule has 1 aromatic carbocycles. The lowest BCUT2D eigenvalue weighted by atomic mass is 10.0. The number of hydrogen-bond acceptors (Lipinski definition) is 6. The van der Waals surface area contributed by atoms with E-state index in [-0.39, 0.29) is 23.5 Å². The van der Waals surface area contributed by atoms with E-state index >= 15 is 0 Å². The average molecular weight is 519 g/mol. The number of quaternary nitrogens is 1. The van der Waals surface area contributed by atoms with Crippen molar-refractivity contribution in [3.63, 3.8) is 0 Å². The predicted molar refractivity (Wildman–Crippen MR) is 138 cm³/mol. The summed E-state index contributed by atoms with van der Waals surface area (Å²) in [6.45, 7) is 13.5. The van der Waals surface area contributed by atoms with Gasteiger partial charge in [0, 0.05) is 25.1 Å². The van der Waals surface area contributed by atoms with Gasteiger partial charge in [-0.3, -0.25) is 4.79 Å². The SMILES string of the molecule is C=CCN(CC=C)S(=O)(=O)c1ccc(C(=O)Nc2sc3c(c2C(=O)OC)CC[NH+](C(C)C)C3)cc1. The Labute approximate surface area is 210 Å². The summed E-state index contributed by atoms with van der Waals surface area (Å²) in [7, 11) is -2.44. The standard InChI is InChI=1S/C25H31N3O5S2/c1-6-13-28(14-7-2)35(31,32)19-10-8-18(9-11-19)23(29)26-24-22(25(30)33-5)20-12-15-27(17(3)4)16-21(20)34-24/h6-11,17H,1-2,12-16H2,3-5H3,(H,26,29)/p+1. The third kappa shape index (κ3) is 5.72. The zero-order chi connectivity index (χ0) is 25.8. The zero-order valence-corrected chi connectivity index (χ0v) is 21.9. The second-order valence-electron chi connectivity index (χ2n) is 8.57. The third-order valence-corrected chi connectivity index (χ3v) is 9.02. The Kier molecular flexibility index (Phi) is 8.65. The summed E-state index contributed by atoms with van der Waals surface area (Å²) in [5, 5.41) is 3.30. The number of sulfonamides is 1. The molecule has 1 aliphatic heterocycles. The fraction of sp³-hybridized carbons (Fsp3) is 0.360. The molecule has 1 aliphatic rings. The van der Waals surface area contributed by atoms with Gasteiger partial charge in [-0.1, -0.05) is 12.2 Å². The number of fused-ring (bicyclic) bond motifs is 1. The molecule has 0 fully saturated rings. The topological polar surface area (TPSA) is 97.2 Å². The van der Waals surface area contributed by atoms with E-state index in [1.807, 2.05) is 0 Å². The van der Waals surface area contributed by atoms with Crippen LogP contribution in [0.1, 0.15) is 45.0 Å². The summed E-state index contributed by atoms with van der Waals surface area (Å²) in [5.74, 6) is -0.906. The summed E-state index contributed by atoms with van der Waals surface area (Å²) < 4.78 is 32.0. The molecule has 0 saturated heterocycles. The van der Waals surface area contributed by atoms with Crippen LogP contribution in [0.25, 0.3) is 0 Å². The van der Waals surface area contributed by atoms with Gasteiger partial charge in [-0.15, -0.1) is 24.5 Å². The number of nitrogens with zero attached hydrogens (tertiary/aromatic N) is 1. The normalized spacial score (nSPS) is 15.5. The number of ether oxygens (including phenoxy) is 1. The van der Waals surface area contributed by atoms with E-state index in [4.69, 9.17) is 4.74 Å². The van der Waals surface area contributed by atoms with Gasteiger partial charge < -0.3 is 15.0 Å². The monoisotopic (exact) mass is 518 g/mol. The molecule has 1 atom stereocenters. The van der Waals surface area contributed by atoms with Crippen molar-refractivity contribution in [3.8, 4) is 0 Å². The molecule has 0 bridgehead atoms. The van der Waals surface area contributed by atoms with Crippen molar-refractivity contribution in [2.45, 2.75) is 37.8 Å². The van der Waals surface area contributed by atoms with Crippen LogP contribution in [0.5, 0.6) is 0 Å². The van der Waals surface area contributed by atoms with Crippen LogP contribution in [0.3, 0.4) is 0 Å². The van der Waals surface area contributed by atoms with Gasteiger partial charge in [0.05, 0.1) is 35.0 Å². The highest BCUT2D eigenvalue weighted by molar-refractivity contribution is 7.89. The summed E-state index contributed by atoms with van der Waals surface area (Å²) in [5.41, 5.74) is 1.62. The Bertz CT molecular complexity index is 1210. The Morgan fingerprint density at radius 3 is 2.37 bits per heavy atom. The number of hydrogen-bond donors (Lipinski definition) is 2. The fourth-order valence-corrected chi connectivity index (χ4v) is 6.72. The third-order valence-electron chi connectivity index (χ3n) is 6.03. The van der Waals surface area contributed by atoms with E-state index in [2.05, 4.69) is 32.3 Å². The maximum absolute atomic E-state index is 13.0. The second-order valence-corrected chi connectivity index (χ2v) is 11.6. The van der Waals surface area contributed by atoms with E-state index in [1.54, 1.807) is 0 Å². The van der Waals surface area contributed by atoms with Crippen LogP contribution in [-0.4, -0.2) is 57.4 Å². The first kappa shape index (κ1) is 26.8. The Morgan fingerprint density at radius 2 is 1.83 bits per heavy atom. The number of carbonyl (C=O) groups is 2. The number of nitrogens with one attached hydrogen (secondary N) is 2. The predicted octanol–water partition coefficient (Wildman–Crippen LogP) is 2.50. The number of carbonyl (C=O) groups excluding carboxylic acids is 2. The Hall–Kier alpha value is -2.79. The smallest absolute Gasteiger partial charge is 0.341 e. The fourth-order valence-electron chi connectivity index (χ4n) is 4.06. The van der Waals surface area contributed by atoms with E-state index in [9.17, 15) is 18.0 Å². The molecule has 0 spiro atoms. The number of amides is 1. The number of esters is 1. The van der Waals surface area contributed by atoms with Crippen LogP contribution < -0.4 is 10.2 Å². The number of anilines is 1. The van der Waals surface area contributed by atoms with Crippen molar-refractivity contribution < 1.29 is 27.6 Å². The van der Waals surface area contributed by atoms with Crippen molar-refractivity contribution in [1.29, 1.82) is 0 Å².